The number of hydrogen-bond donors (Lipinski definition) is 0. The van der Waals surface area contributed by atoms with Crippen molar-refractivity contribution in [2.75, 3.05) is 0 Å². The average Bonchev–Trinajstić information content (AvgIpc) is 2.89. The highest BCUT2D eigenvalue weighted by Crippen LogP contribution is 2.34. The van der Waals surface area contributed by atoms with Crippen LogP contribution in [0.2, 0.25) is 0 Å². The Morgan fingerprint density at radius 3 is 2.55 bits per heavy atom. The lowest BCUT2D eigenvalue weighted by Crippen LogP contribution is -2.05. The van der Waals surface area contributed by atoms with Crippen LogP contribution in [-0.4, -0.2) is 0 Å². The number of ether oxygens (including phenoxy) is 1. The summed E-state index contributed by atoms with van der Waals surface area (Å²) in [6, 6.07) is 12.8. The second-order valence-electron chi connectivity index (χ2n) is 4.69. The summed E-state index contributed by atoms with van der Waals surface area (Å²) in [5.41, 5.74) is -0.705. The number of thiophene rings is 1. The highest BCUT2D eigenvalue weighted by atomic mass is 79.9. The Balaban J connectivity index is 1.78. The van der Waals surface area contributed by atoms with E-state index in [1.807, 2.05) is 24.3 Å². The zero-order valence-electron chi connectivity index (χ0n) is 11.2. The lowest BCUT2D eigenvalue weighted by Gasteiger charge is -2.09. The molecule has 0 spiro atoms. The molecule has 22 heavy (non-hydrogen) atoms. The van der Waals surface area contributed by atoms with Gasteiger partial charge in [-0.2, -0.15) is 13.2 Å². The fourth-order valence-corrected chi connectivity index (χ4v) is 3.67. The van der Waals surface area contributed by atoms with Crippen molar-refractivity contribution in [3.8, 4) is 5.75 Å². The molecule has 1 nitrogen and oxygen atoms in total. The number of rotatable bonds is 3. The predicted molar refractivity (Wildman–Crippen MR) is 85.3 cm³/mol. The van der Waals surface area contributed by atoms with E-state index in [0.29, 0.717) is 0 Å². The lowest BCUT2D eigenvalue weighted by molar-refractivity contribution is -0.137. The molecule has 3 aromatic rings. The molecule has 6 heteroatoms. The highest BCUT2D eigenvalue weighted by molar-refractivity contribution is 9.10. The van der Waals surface area contributed by atoms with Gasteiger partial charge in [-0.15, -0.1) is 11.3 Å². The van der Waals surface area contributed by atoms with Gasteiger partial charge in [-0.25, -0.2) is 0 Å². The SMILES string of the molecule is FC(F)(F)c1cccc(OCc2cc3cccc(Br)c3s2)c1. The van der Waals surface area contributed by atoms with Crippen LogP contribution in [0.25, 0.3) is 10.1 Å². The molecule has 0 radical (unpaired) electrons. The van der Waals surface area contributed by atoms with Crippen LogP contribution in [0.4, 0.5) is 13.2 Å². The second-order valence-corrected chi connectivity index (χ2v) is 6.68. The molecule has 3 rings (SSSR count). The maximum Gasteiger partial charge on any atom is 0.416 e. The molecule has 114 valence electrons. The third-order valence-electron chi connectivity index (χ3n) is 3.09. The van der Waals surface area contributed by atoms with Gasteiger partial charge in [0, 0.05) is 14.0 Å². The van der Waals surface area contributed by atoms with Crippen molar-refractivity contribution < 1.29 is 17.9 Å². The summed E-state index contributed by atoms with van der Waals surface area (Å²) in [5, 5.41) is 1.09. The van der Waals surface area contributed by atoms with E-state index < -0.39 is 11.7 Å². The molecule has 0 saturated carbocycles. The Labute approximate surface area is 137 Å². The Morgan fingerprint density at radius 1 is 1.05 bits per heavy atom. The molecule has 0 aliphatic carbocycles. The van der Waals surface area contributed by atoms with Crippen molar-refractivity contribution in [1.29, 1.82) is 0 Å². The summed E-state index contributed by atoms with van der Waals surface area (Å²) in [5.74, 6) is 0.214. The van der Waals surface area contributed by atoms with Gasteiger partial charge in [0.1, 0.15) is 12.4 Å². The summed E-state index contributed by atoms with van der Waals surface area (Å²) in [6.45, 7) is 0.243. The molecule has 2 aromatic carbocycles. The van der Waals surface area contributed by atoms with E-state index in [1.165, 1.54) is 12.1 Å². The Bertz CT molecular complexity index is 811. The van der Waals surface area contributed by atoms with Gasteiger partial charge in [-0.3, -0.25) is 0 Å². The summed E-state index contributed by atoms with van der Waals surface area (Å²) < 4.78 is 45.6. The minimum atomic E-state index is -4.36. The van der Waals surface area contributed by atoms with Crippen LogP contribution in [0.1, 0.15) is 10.4 Å². The average molecular weight is 387 g/mol. The standard InChI is InChI=1S/C16H10BrF3OS/c17-14-6-1-3-10-7-13(22-15(10)14)9-21-12-5-2-4-11(8-12)16(18,19)20/h1-8H,9H2. The van der Waals surface area contributed by atoms with Crippen LogP contribution in [-0.2, 0) is 12.8 Å². The van der Waals surface area contributed by atoms with Crippen LogP contribution >= 0.6 is 27.3 Å². The highest BCUT2D eigenvalue weighted by Gasteiger charge is 2.30. The van der Waals surface area contributed by atoms with E-state index in [0.717, 1.165) is 31.6 Å². The van der Waals surface area contributed by atoms with Crippen LogP contribution in [0.3, 0.4) is 0 Å². The minimum Gasteiger partial charge on any atom is -0.488 e. The van der Waals surface area contributed by atoms with Crippen molar-refractivity contribution in [3.63, 3.8) is 0 Å². The molecule has 0 unspecified atom stereocenters. The Morgan fingerprint density at radius 2 is 1.82 bits per heavy atom. The molecular weight excluding hydrogens is 377 g/mol. The smallest absolute Gasteiger partial charge is 0.416 e. The van der Waals surface area contributed by atoms with Crippen molar-refractivity contribution in [2.24, 2.45) is 0 Å². The molecule has 0 fully saturated rings. The minimum absolute atomic E-state index is 0.214. The summed E-state index contributed by atoms with van der Waals surface area (Å²) in [6.07, 6.45) is -4.36. The summed E-state index contributed by atoms with van der Waals surface area (Å²) in [4.78, 5) is 0.958. The van der Waals surface area contributed by atoms with Crippen molar-refractivity contribution in [3.05, 3.63) is 63.4 Å². The van der Waals surface area contributed by atoms with Gasteiger partial charge in [0.05, 0.1) is 5.56 Å². The monoisotopic (exact) mass is 386 g/mol. The molecule has 0 bridgehead atoms. The van der Waals surface area contributed by atoms with E-state index in [4.69, 9.17) is 4.74 Å². The number of benzene rings is 2. The largest absolute Gasteiger partial charge is 0.488 e. The fourth-order valence-electron chi connectivity index (χ4n) is 2.07. The van der Waals surface area contributed by atoms with Crippen molar-refractivity contribution >= 4 is 37.4 Å². The van der Waals surface area contributed by atoms with E-state index in [-0.39, 0.29) is 12.4 Å². The number of alkyl halides is 3. The zero-order valence-corrected chi connectivity index (χ0v) is 13.6. The number of halogens is 4. The van der Waals surface area contributed by atoms with E-state index in [1.54, 1.807) is 11.3 Å². The van der Waals surface area contributed by atoms with E-state index in [9.17, 15) is 13.2 Å². The second kappa shape index (κ2) is 5.93. The van der Waals surface area contributed by atoms with Crippen LogP contribution < -0.4 is 4.74 Å². The van der Waals surface area contributed by atoms with Gasteiger partial charge in [-0.05, 0) is 51.6 Å². The molecule has 0 aliphatic rings. The number of fused-ring (bicyclic) bond motifs is 1. The van der Waals surface area contributed by atoms with E-state index >= 15 is 0 Å². The van der Waals surface area contributed by atoms with Crippen molar-refractivity contribution in [1.82, 2.24) is 0 Å². The molecule has 1 heterocycles. The third kappa shape index (κ3) is 3.28. The molecular formula is C16H10BrF3OS. The Hall–Kier alpha value is -1.53. The van der Waals surface area contributed by atoms with Crippen LogP contribution in [0, 0.1) is 0 Å². The quantitative estimate of drug-likeness (QED) is 0.515. The van der Waals surface area contributed by atoms with Crippen LogP contribution in [0.5, 0.6) is 5.75 Å². The maximum absolute atomic E-state index is 12.7. The van der Waals surface area contributed by atoms with Gasteiger partial charge >= 0.3 is 6.18 Å². The van der Waals surface area contributed by atoms with Gasteiger partial charge in [-0.1, -0.05) is 18.2 Å². The van der Waals surface area contributed by atoms with Crippen molar-refractivity contribution in [2.45, 2.75) is 12.8 Å². The molecule has 0 saturated heterocycles. The van der Waals surface area contributed by atoms with Gasteiger partial charge in [0.2, 0.25) is 0 Å². The molecule has 0 atom stereocenters. The number of hydrogen-bond acceptors (Lipinski definition) is 2. The fraction of sp³-hybridized carbons (Fsp3) is 0.125. The first-order chi connectivity index (χ1) is 10.4. The van der Waals surface area contributed by atoms with E-state index in [2.05, 4.69) is 15.9 Å². The molecule has 0 N–H and O–H groups in total. The van der Waals surface area contributed by atoms with Gasteiger partial charge < -0.3 is 4.74 Å². The van der Waals surface area contributed by atoms with Gasteiger partial charge in [0.25, 0.3) is 0 Å². The Kier molecular flexibility index (Phi) is 4.14. The molecule has 1 aromatic heterocycles. The predicted octanol–water partition coefficient (Wildman–Crippen LogP) is 6.26. The first-order valence-corrected chi connectivity index (χ1v) is 8.01. The topological polar surface area (TPSA) is 9.23 Å². The zero-order chi connectivity index (χ0) is 15.7. The lowest BCUT2D eigenvalue weighted by atomic mass is 10.2. The normalized spacial score (nSPS) is 11.8. The first kappa shape index (κ1) is 15.4. The molecule has 0 aliphatic heterocycles. The summed E-state index contributed by atoms with van der Waals surface area (Å²) in [7, 11) is 0. The van der Waals surface area contributed by atoms with Crippen LogP contribution in [0.15, 0.2) is 53.0 Å². The molecule has 0 amide bonds. The maximum atomic E-state index is 12.7. The van der Waals surface area contributed by atoms with Gasteiger partial charge in [0.15, 0.2) is 0 Å². The first-order valence-electron chi connectivity index (χ1n) is 6.40. The summed E-state index contributed by atoms with van der Waals surface area (Å²) >= 11 is 5.04. The third-order valence-corrected chi connectivity index (χ3v) is 5.17.